The van der Waals surface area contributed by atoms with Gasteiger partial charge in [-0.1, -0.05) is 0 Å². The maximum atomic E-state index is 13.0. The molecule has 2 heterocycles. The molecule has 0 spiro atoms. The van der Waals surface area contributed by atoms with E-state index < -0.39 is 24.2 Å². The summed E-state index contributed by atoms with van der Waals surface area (Å²) in [6.07, 6.45) is -2.89. The molecule has 116 valence electrons. The highest BCUT2D eigenvalue weighted by molar-refractivity contribution is 5.31. The van der Waals surface area contributed by atoms with Gasteiger partial charge in [-0.15, -0.1) is 0 Å². The van der Waals surface area contributed by atoms with Gasteiger partial charge in [-0.25, -0.2) is 0 Å². The van der Waals surface area contributed by atoms with E-state index >= 15 is 0 Å². The number of halogens is 5. The summed E-state index contributed by atoms with van der Waals surface area (Å²) in [5.74, 6) is -4.78. The molecule has 0 atom stereocenters. The number of nitriles is 1. The summed E-state index contributed by atoms with van der Waals surface area (Å²) in [6, 6.07) is 1.89. The van der Waals surface area contributed by atoms with Crippen LogP contribution in [0.5, 0.6) is 0 Å². The van der Waals surface area contributed by atoms with Crippen molar-refractivity contribution in [3.8, 4) is 6.07 Å². The smallest absolute Gasteiger partial charge is 0.396 e. The summed E-state index contributed by atoms with van der Waals surface area (Å²) in [5, 5.41) is 12.7. The summed E-state index contributed by atoms with van der Waals surface area (Å²) in [4.78, 5) is 0.947. The predicted molar refractivity (Wildman–Crippen MR) is 62.3 cm³/mol. The molecule has 2 N–H and O–H groups in total. The van der Waals surface area contributed by atoms with Gasteiger partial charge in [-0.2, -0.15) is 32.3 Å². The summed E-state index contributed by atoms with van der Waals surface area (Å²) < 4.78 is 63.8. The second-order valence-electron chi connectivity index (χ2n) is 5.12. The number of hydrogen-bond donors (Lipinski definition) is 1. The van der Waals surface area contributed by atoms with Crippen LogP contribution in [-0.2, 0) is 5.54 Å². The van der Waals surface area contributed by atoms with E-state index in [1.165, 1.54) is 17.1 Å². The summed E-state index contributed by atoms with van der Waals surface area (Å²) in [5.41, 5.74) is 4.91. The third-order valence-electron chi connectivity index (χ3n) is 3.37. The molecule has 1 aliphatic rings. The number of hydrogen-bond acceptors (Lipinski definition) is 4. The Kier molecular flexibility index (Phi) is 3.57. The highest BCUT2D eigenvalue weighted by Crippen LogP contribution is 2.40. The minimum absolute atomic E-state index is 0.0534. The van der Waals surface area contributed by atoms with Crippen molar-refractivity contribution in [1.82, 2.24) is 14.7 Å². The van der Waals surface area contributed by atoms with E-state index in [0.29, 0.717) is 5.69 Å². The van der Waals surface area contributed by atoms with Crippen molar-refractivity contribution < 1.29 is 22.0 Å². The van der Waals surface area contributed by atoms with Crippen molar-refractivity contribution in [2.75, 3.05) is 25.4 Å². The fourth-order valence-corrected chi connectivity index (χ4v) is 2.35. The van der Waals surface area contributed by atoms with Gasteiger partial charge in [0.25, 0.3) is 0 Å². The van der Waals surface area contributed by atoms with Gasteiger partial charge in [0.05, 0.1) is 30.9 Å². The van der Waals surface area contributed by atoms with E-state index in [1.54, 1.807) is 0 Å². The first kappa shape index (κ1) is 15.5. The van der Waals surface area contributed by atoms with Crippen LogP contribution in [0.2, 0.25) is 0 Å². The molecule has 0 radical (unpaired) electrons. The molecule has 0 amide bonds. The maximum absolute atomic E-state index is 13.0. The maximum Gasteiger partial charge on any atom is 0.454 e. The minimum atomic E-state index is -5.59. The fraction of sp³-hybridized carbons (Fsp3) is 0.636. The molecule has 1 aromatic heterocycles. The van der Waals surface area contributed by atoms with Crippen LogP contribution in [0.4, 0.5) is 27.6 Å². The first-order valence-electron chi connectivity index (χ1n) is 5.94. The summed E-state index contributed by atoms with van der Waals surface area (Å²) in [6.45, 7) is -1.67. The largest absolute Gasteiger partial charge is 0.454 e. The van der Waals surface area contributed by atoms with Gasteiger partial charge in [-0.3, -0.25) is 9.58 Å². The Morgan fingerprint density at radius 3 is 2.38 bits per heavy atom. The van der Waals surface area contributed by atoms with Crippen molar-refractivity contribution in [2.45, 2.75) is 24.1 Å². The second kappa shape index (κ2) is 4.84. The average molecular weight is 309 g/mol. The van der Waals surface area contributed by atoms with Gasteiger partial charge in [0.1, 0.15) is 5.54 Å². The quantitative estimate of drug-likeness (QED) is 0.857. The van der Waals surface area contributed by atoms with Crippen LogP contribution in [0.15, 0.2) is 12.4 Å². The average Bonchev–Trinajstić information content (AvgIpc) is 2.71. The van der Waals surface area contributed by atoms with Gasteiger partial charge in [0.15, 0.2) is 0 Å². The van der Waals surface area contributed by atoms with E-state index in [-0.39, 0.29) is 19.5 Å². The molecule has 0 aliphatic carbocycles. The van der Waals surface area contributed by atoms with Crippen LogP contribution >= 0.6 is 0 Å². The first-order chi connectivity index (χ1) is 9.60. The topological polar surface area (TPSA) is 70.9 Å². The SMILES string of the molecule is N#CCC1(n2cc(N)cn2)CN(CC(F)(F)C(F)(F)F)C1. The van der Waals surface area contributed by atoms with Crippen LogP contribution in [0.3, 0.4) is 0 Å². The monoisotopic (exact) mass is 309 g/mol. The van der Waals surface area contributed by atoms with Gasteiger partial charge >= 0.3 is 12.1 Å². The molecule has 1 aromatic rings. The van der Waals surface area contributed by atoms with Crippen LogP contribution in [0.25, 0.3) is 0 Å². The minimum Gasteiger partial charge on any atom is -0.396 e. The third-order valence-corrected chi connectivity index (χ3v) is 3.37. The number of nitrogens with zero attached hydrogens (tertiary/aromatic N) is 4. The molecule has 1 fully saturated rings. The molecule has 0 saturated carbocycles. The Morgan fingerprint density at radius 1 is 1.33 bits per heavy atom. The lowest BCUT2D eigenvalue weighted by molar-refractivity contribution is -0.291. The molecular formula is C11H12F5N5. The Labute approximate surface area is 116 Å². The predicted octanol–water partition coefficient (Wildman–Crippen LogP) is 1.59. The lowest BCUT2D eigenvalue weighted by Crippen LogP contribution is -2.65. The van der Waals surface area contributed by atoms with E-state index in [4.69, 9.17) is 11.0 Å². The zero-order valence-corrected chi connectivity index (χ0v) is 10.7. The van der Waals surface area contributed by atoms with Crippen LogP contribution in [-0.4, -0.2) is 46.4 Å². The highest BCUT2D eigenvalue weighted by atomic mass is 19.4. The third kappa shape index (κ3) is 2.78. The number of nitrogens with two attached hydrogens (primary N) is 1. The number of aromatic nitrogens is 2. The van der Waals surface area contributed by atoms with Crippen molar-refractivity contribution in [3.05, 3.63) is 12.4 Å². The van der Waals surface area contributed by atoms with Crippen molar-refractivity contribution in [2.24, 2.45) is 0 Å². The molecule has 0 aromatic carbocycles. The normalized spacial score (nSPS) is 19.0. The Morgan fingerprint density at radius 2 is 1.95 bits per heavy atom. The molecule has 1 aliphatic heterocycles. The zero-order chi connectivity index (χ0) is 15.9. The molecule has 2 rings (SSSR count). The molecule has 0 unspecified atom stereocenters. The number of anilines is 1. The standard InChI is InChI=1S/C11H12F5N5/c12-10(13,11(14,15)16)7-20-5-9(6-20,1-2-17)21-4-8(18)3-19-21/h3-4H,1,5-7,18H2. The van der Waals surface area contributed by atoms with Crippen LogP contribution in [0, 0.1) is 11.3 Å². The van der Waals surface area contributed by atoms with Crippen LogP contribution in [0.1, 0.15) is 6.42 Å². The van der Waals surface area contributed by atoms with Gasteiger partial charge in [0, 0.05) is 19.3 Å². The molecular weight excluding hydrogens is 297 g/mol. The fourth-order valence-electron chi connectivity index (χ4n) is 2.35. The van der Waals surface area contributed by atoms with Crippen molar-refractivity contribution in [1.29, 1.82) is 5.26 Å². The first-order valence-corrected chi connectivity index (χ1v) is 5.94. The van der Waals surface area contributed by atoms with Crippen molar-refractivity contribution in [3.63, 3.8) is 0 Å². The molecule has 10 heteroatoms. The Balaban J connectivity index is 2.07. The number of nitrogen functional groups attached to an aromatic ring is 1. The highest BCUT2D eigenvalue weighted by Gasteiger charge is 2.60. The molecule has 5 nitrogen and oxygen atoms in total. The van der Waals surface area contributed by atoms with Gasteiger partial charge < -0.3 is 5.73 Å². The molecule has 1 saturated heterocycles. The Bertz CT molecular complexity index is 552. The Hall–Kier alpha value is -1.89. The summed E-state index contributed by atoms with van der Waals surface area (Å²) >= 11 is 0. The lowest BCUT2D eigenvalue weighted by atomic mass is 9.86. The number of rotatable bonds is 4. The molecule has 0 bridgehead atoms. The van der Waals surface area contributed by atoms with Crippen LogP contribution < -0.4 is 5.73 Å². The number of likely N-dealkylation sites (tertiary alicyclic amines) is 1. The summed E-state index contributed by atoms with van der Waals surface area (Å²) in [7, 11) is 0. The zero-order valence-electron chi connectivity index (χ0n) is 10.7. The van der Waals surface area contributed by atoms with Crippen molar-refractivity contribution >= 4 is 5.69 Å². The van der Waals surface area contributed by atoms with E-state index in [2.05, 4.69) is 5.10 Å². The lowest BCUT2D eigenvalue weighted by Gasteiger charge is -2.49. The second-order valence-corrected chi connectivity index (χ2v) is 5.12. The van der Waals surface area contributed by atoms with E-state index in [1.807, 2.05) is 6.07 Å². The van der Waals surface area contributed by atoms with E-state index in [0.717, 1.165) is 4.90 Å². The number of alkyl halides is 5. The van der Waals surface area contributed by atoms with E-state index in [9.17, 15) is 22.0 Å². The molecule has 21 heavy (non-hydrogen) atoms. The van der Waals surface area contributed by atoms with Gasteiger partial charge in [0.2, 0.25) is 0 Å². The van der Waals surface area contributed by atoms with Gasteiger partial charge in [-0.05, 0) is 0 Å².